The van der Waals surface area contributed by atoms with Crippen LogP contribution in [0.3, 0.4) is 0 Å². The summed E-state index contributed by atoms with van der Waals surface area (Å²) in [6.07, 6.45) is 14.8. The van der Waals surface area contributed by atoms with Crippen molar-refractivity contribution in [2.24, 2.45) is 0 Å². The molecule has 19 heavy (non-hydrogen) atoms. The van der Waals surface area contributed by atoms with Crippen molar-refractivity contribution in [3.05, 3.63) is 12.2 Å². The van der Waals surface area contributed by atoms with Crippen molar-refractivity contribution in [2.75, 3.05) is 0 Å². The fourth-order valence-corrected chi connectivity index (χ4v) is 4.82. The zero-order valence-corrected chi connectivity index (χ0v) is 13.4. The maximum atomic E-state index is 12.4. The third-order valence-corrected chi connectivity index (χ3v) is 6.54. The Balaban J connectivity index is 2.33. The molecular weight excluding hydrogens is 256 g/mol. The largest absolute Gasteiger partial charge is 0.228 e. The molecule has 0 spiro atoms. The van der Waals surface area contributed by atoms with Crippen LogP contribution in [-0.4, -0.2) is 18.9 Å². The second kappa shape index (κ2) is 8.78. The lowest BCUT2D eigenvalue weighted by atomic mass is 10.1. The average molecular weight is 286 g/mol. The van der Waals surface area contributed by atoms with Crippen molar-refractivity contribution >= 4 is 9.84 Å². The maximum Gasteiger partial charge on any atom is 0.163 e. The molecule has 0 aromatic rings. The van der Waals surface area contributed by atoms with Gasteiger partial charge in [0.25, 0.3) is 0 Å². The molecule has 2 nitrogen and oxygen atoms in total. The highest BCUT2D eigenvalue weighted by Crippen LogP contribution is 2.28. The summed E-state index contributed by atoms with van der Waals surface area (Å²) in [7, 11) is -2.91. The van der Waals surface area contributed by atoms with E-state index in [1.165, 1.54) is 25.7 Å². The van der Waals surface area contributed by atoms with Crippen molar-refractivity contribution < 1.29 is 8.42 Å². The lowest BCUT2D eigenvalue weighted by Gasteiger charge is -2.13. The topological polar surface area (TPSA) is 34.1 Å². The van der Waals surface area contributed by atoms with Crippen LogP contribution in [0.25, 0.3) is 0 Å². The molecule has 112 valence electrons. The molecule has 1 aliphatic rings. The fourth-order valence-electron chi connectivity index (χ4n) is 2.76. The van der Waals surface area contributed by atoms with E-state index < -0.39 is 9.84 Å². The molecule has 0 aromatic carbocycles. The van der Waals surface area contributed by atoms with Gasteiger partial charge in [-0.25, -0.2) is 8.42 Å². The van der Waals surface area contributed by atoms with Crippen LogP contribution in [0.2, 0.25) is 0 Å². The van der Waals surface area contributed by atoms with Crippen LogP contribution < -0.4 is 0 Å². The Morgan fingerprint density at radius 1 is 0.737 bits per heavy atom. The van der Waals surface area contributed by atoms with Gasteiger partial charge in [-0.2, -0.15) is 0 Å². The molecule has 0 fully saturated rings. The maximum absolute atomic E-state index is 12.4. The first-order valence-corrected chi connectivity index (χ1v) is 9.64. The van der Waals surface area contributed by atoms with Gasteiger partial charge in [0.15, 0.2) is 9.84 Å². The summed E-state index contributed by atoms with van der Waals surface area (Å²) in [4.78, 5) is 0. The van der Waals surface area contributed by atoms with E-state index in [0.29, 0.717) is 0 Å². The molecule has 1 aliphatic heterocycles. The van der Waals surface area contributed by atoms with E-state index in [1.807, 2.05) is 12.2 Å². The molecule has 0 radical (unpaired) electrons. The van der Waals surface area contributed by atoms with Gasteiger partial charge in [-0.3, -0.25) is 0 Å². The summed E-state index contributed by atoms with van der Waals surface area (Å²) in [6, 6.07) is 0. The second-order valence-corrected chi connectivity index (χ2v) is 8.14. The first kappa shape index (κ1) is 16.7. The lowest BCUT2D eigenvalue weighted by molar-refractivity contribution is 0.561. The van der Waals surface area contributed by atoms with E-state index >= 15 is 0 Å². The van der Waals surface area contributed by atoms with Gasteiger partial charge in [0.05, 0.1) is 10.5 Å². The molecule has 1 rings (SSSR count). The summed E-state index contributed by atoms with van der Waals surface area (Å²) in [5.74, 6) is 0. The predicted molar refractivity (Wildman–Crippen MR) is 83.2 cm³/mol. The molecule has 0 N–H and O–H groups in total. The number of rotatable bonds is 10. The fraction of sp³-hybridized carbons (Fsp3) is 0.875. The van der Waals surface area contributed by atoms with Crippen molar-refractivity contribution in [3.63, 3.8) is 0 Å². The lowest BCUT2D eigenvalue weighted by Crippen LogP contribution is -2.24. The number of sulfone groups is 1. The van der Waals surface area contributed by atoms with Gasteiger partial charge in [-0.15, -0.1) is 0 Å². The van der Waals surface area contributed by atoms with Crippen LogP contribution in [-0.2, 0) is 9.84 Å². The van der Waals surface area contributed by atoms with Gasteiger partial charge < -0.3 is 0 Å². The molecule has 0 aliphatic carbocycles. The molecule has 2 unspecified atom stereocenters. The average Bonchev–Trinajstić information content (AvgIpc) is 2.66. The van der Waals surface area contributed by atoms with Gasteiger partial charge in [0.1, 0.15) is 0 Å². The minimum Gasteiger partial charge on any atom is -0.228 e. The molecule has 2 atom stereocenters. The molecule has 3 heteroatoms. The molecule has 0 bridgehead atoms. The summed E-state index contributed by atoms with van der Waals surface area (Å²) in [6.45, 7) is 4.36. The quantitative estimate of drug-likeness (QED) is 0.433. The van der Waals surface area contributed by atoms with E-state index in [4.69, 9.17) is 0 Å². The molecule has 0 aromatic heterocycles. The Hall–Kier alpha value is -0.310. The zero-order valence-electron chi connectivity index (χ0n) is 12.6. The van der Waals surface area contributed by atoms with Crippen LogP contribution in [0.4, 0.5) is 0 Å². The number of hydrogen-bond acceptors (Lipinski definition) is 2. The Kier molecular flexibility index (Phi) is 7.74. The third-order valence-electron chi connectivity index (χ3n) is 4.07. The predicted octanol–water partition coefficient (Wildman–Crippen LogP) is 4.65. The molecular formula is C16H30O2S. The van der Waals surface area contributed by atoms with Crippen LogP contribution in [0.15, 0.2) is 12.2 Å². The van der Waals surface area contributed by atoms with E-state index in [-0.39, 0.29) is 10.5 Å². The summed E-state index contributed by atoms with van der Waals surface area (Å²) >= 11 is 0. The molecule has 0 amide bonds. The van der Waals surface area contributed by atoms with Crippen LogP contribution in [0.1, 0.15) is 78.1 Å². The Labute approximate surface area is 119 Å². The zero-order chi connectivity index (χ0) is 14.1. The highest BCUT2D eigenvalue weighted by Gasteiger charge is 2.34. The van der Waals surface area contributed by atoms with Crippen molar-refractivity contribution in [1.29, 1.82) is 0 Å². The van der Waals surface area contributed by atoms with E-state index in [9.17, 15) is 8.42 Å². The van der Waals surface area contributed by atoms with E-state index in [2.05, 4.69) is 13.8 Å². The van der Waals surface area contributed by atoms with E-state index in [1.54, 1.807) is 0 Å². The highest BCUT2D eigenvalue weighted by molar-refractivity contribution is 7.93. The highest BCUT2D eigenvalue weighted by atomic mass is 32.2. The second-order valence-electron chi connectivity index (χ2n) is 5.75. The van der Waals surface area contributed by atoms with Gasteiger partial charge in [-0.05, 0) is 12.8 Å². The number of unbranched alkanes of at least 4 members (excludes halogenated alkanes) is 6. The normalized spacial score (nSPS) is 24.9. The minimum atomic E-state index is -2.91. The standard InChI is InChI=1S/C16H30O2S/c1-3-5-7-9-11-15-13-14-16(19(15,17)18)12-10-8-6-4-2/h13-16H,3-12H2,1-2H3. The van der Waals surface area contributed by atoms with Gasteiger partial charge >= 0.3 is 0 Å². The summed E-state index contributed by atoms with van der Waals surface area (Å²) in [5, 5.41) is -0.388. The van der Waals surface area contributed by atoms with Crippen LogP contribution >= 0.6 is 0 Å². The van der Waals surface area contributed by atoms with Crippen LogP contribution in [0.5, 0.6) is 0 Å². The third kappa shape index (κ3) is 5.29. The SMILES string of the molecule is CCCCCCC1C=CC(CCCCCC)S1(=O)=O. The van der Waals surface area contributed by atoms with Crippen molar-refractivity contribution in [3.8, 4) is 0 Å². The molecule has 0 saturated heterocycles. The van der Waals surface area contributed by atoms with Crippen molar-refractivity contribution in [2.45, 2.75) is 88.6 Å². The first-order chi connectivity index (χ1) is 9.12. The smallest absolute Gasteiger partial charge is 0.163 e. The monoisotopic (exact) mass is 286 g/mol. The van der Waals surface area contributed by atoms with E-state index in [0.717, 1.165) is 38.5 Å². The molecule has 1 heterocycles. The van der Waals surface area contributed by atoms with Gasteiger partial charge in [0, 0.05) is 0 Å². The Morgan fingerprint density at radius 3 is 1.53 bits per heavy atom. The summed E-state index contributed by atoms with van der Waals surface area (Å²) < 4.78 is 24.7. The molecule has 0 saturated carbocycles. The number of hydrogen-bond donors (Lipinski definition) is 0. The first-order valence-electron chi connectivity index (χ1n) is 8.04. The minimum absolute atomic E-state index is 0.194. The van der Waals surface area contributed by atoms with Gasteiger partial charge in [0.2, 0.25) is 0 Å². The van der Waals surface area contributed by atoms with Crippen molar-refractivity contribution in [1.82, 2.24) is 0 Å². The summed E-state index contributed by atoms with van der Waals surface area (Å²) in [5.41, 5.74) is 0. The Morgan fingerprint density at radius 2 is 1.16 bits per heavy atom. The van der Waals surface area contributed by atoms with Crippen LogP contribution in [0, 0.1) is 0 Å². The van der Waals surface area contributed by atoms with Gasteiger partial charge in [-0.1, -0.05) is 77.4 Å². The Bertz CT molecular complexity index is 329.